The number of aromatic nitrogens is 1. The van der Waals surface area contributed by atoms with E-state index in [4.69, 9.17) is 22.3 Å². The summed E-state index contributed by atoms with van der Waals surface area (Å²) in [6.07, 6.45) is 3.73. The second-order valence-electron chi connectivity index (χ2n) is 6.81. The summed E-state index contributed by atoms with van der Waals surface area (Å²) in [5.74, 6) is 0.380. The first-order valence-electron chi connectivity index (χ1n) is 8.72. The van der Waals surface area contributed by atoms with E-state index in [-0.39, 0.29) is 18.0 Å². The molecule has 0 aliphatic heterocycles. The molecule has 134 valence electrons. The van der Waals surface area contributed by atoms with E-state index in [1.165, 1.54) is 0 Å². The molecule has 25 heavy (non-hydrogen) atoms. The molecule has 1 aliphatic carbocycles. The Bertz CT molecular complexity index is 744. The monoisotopic (exact) mass is 377 g/mol. The van der Waals surface area contributed by atoms with Gasteiger partial charge < -0.3 is 11.1 Å². The highest BCUT2D eigenvalue weighted by Gasteiger charge is 2.27. The highest BCUT2D eigenvalue weighted by Crippen LogP contribution is 2.31. The van der Waals surface area contributed by atoms with Crippen LogP contribution in [0.2, 0.25) is 5.02 Å². The Labute approximate surface area is 157 Å². The van der Waals surface area contributed by atoms with E-state index < -0.39 is 0 Å². The zero-order chi connectivity index (χ0) is 18.0. The van der Waals surface area contributed by atoms with Gasteiger partial charge in [0.15, 0.2) is 0 Å². The van der Waals surface area contributed by atoms with Crippen molar-refractivity contribution >= 4 is 28.8 Å². The number of carbonyl (C=O) groups excluding carboxylic acids is 1. The molecule has 1 aromatic carbocycles. The van der Waals surface area contributed by atoms with Gasteiger partial charge in [0.25, 0.3) is 0 Å². The standard InChI is InChI=1S/C19H24ClN3OS/c1-11(22-17(24)10-14-4-3-5-16(14)21)19-23-18(12(2)25-19)13-6-8-15(20)9-7-13/h6-9,11,14,16H,3-5,10,21H2,1-2H3,(H,22,24)/t11?,14-,16+/m0/s1. The summed E-state index contributed by atoms with van der Waals surface area (Å²) in [4.78, 5) is 18.2. The average molecular weight is 378 g/mol. The van der Waals surface area contributed by atoms with Crippen LogP contribution in [0.3, 0.4) is 0 Å². The molecule has 1 aromatic heterocycles. The molecule has 3 atom stereocenters. The van der Waals surface area contributed by atoms with Gasteiger partial charge in [0.1, 0.15) is 5.01 Å². The summed E-state index contributed by atoms with van der Waals surface area (Å²) < 4.78 is 0. The molecule has 0 saturated heterocycles. The number of carbonyl (C=O) groups is 1. The van der Waals surface area contributed by atoms with Crippen LogP contribution in [0.25, 0.3) is 11.3 Å². The molecular weight excluding hydrogens is 354 g/mol. The fourth-order valence-corrected chi connectivity index (χ4v) is 4.47. The van der Waals surface area contributed by atoms with E-state index in [2.05, 4.69) is 12.2 Å². The van der Waals surface area contributed by atoms with Gasteiger partial charge in [0, 0.05) is 27.9 Å². The number of aryl methyl sites for hydroxylation is 1. The quantitative estimate of drug-likeness (QED) is 0.807. The van der Waals surface area contributed by atoms with Crippen LogP contribution in [0.1, 0.15) is 48.5 Å². The minimum Gasteiger partial charge on any atom is -0.347 e. The maximum Gasteiger partial charge on any atom is 0.220 e. The van der Waals surface area contributed by atoms with Crippen LogP contribution in [0.5, 0.6) is 0 Å². The Morgan fingerprint density at radius 2 is 2.12 bits per heavy atom. The molecule has 2 aromatic rings. The highest BCUT2D eigenvalue weighted by molar-refractivity contribution is 7.12. The second kappa shape index (κ2) is 7.85. The lowest BCUT2D eigenvalue weighted by atomic mass is 10.00. The van der Waals surface area contributed by atoms with Gasteiger partial charge in [-0.05, 0) is 44.7 Å². The predicted octanol–water partition coefficient (Wildman–Crippen LogP) is 4.47. The number of thiazole rings is 1. The Morgan fingerprint density at radius 3 is 2.76 bits per heavy atom. The lowest BCUT2D eigenvalue weighted by Crippen LogP contribution is -2.32. The van der Waals surface area contributed by atoms with Crippen molar-refractivity contribution in [1.82, 2.24) is 10.3 Å². The maximum atomic E-state index is 12.3. The maximum absolute atomic E-state index is 12.3. The van der Waals surface area contributed by atoms with Crippen LogP contribution in [0.15, 0.2) is 24.3 Å². The van der Waals surface area contributed by atoms with Crippen LogP contribution < -0.4 is 11.1 Å². The van der Waals surface area contributed by atoms with Crippen molar-refractivity contribution in [1.29, 1.82) is 0 Å². The van der Waals surface area contributed by atoms with Gasteiger partial charge in [-0.2, -0.15) is 0 Å². The van der Waals surface area contributed by atoms with Crippen LogP contribution >= 0.6 is 22.9 Å². The number of hydrogen-bond acceptors (Lipinski definition) is 4. The normalized spacial score (nSPS) is 21.3. The van der Waals surface area contributed by atoms with Gasteiger partial charge in [-0.1, -0.05) is 30.2 Å². The Morgan fingerprint density at radius 1 is 1.40 bits per heavy atom. The van der Waals surface area contributed by atoms with E-state index in [0.29, 0.717) is 17.4 Å². The Balaban J connectivity index is 1.66. The van der Waals surface area contributed by atoms with Gasteiger partial charge >= 0.3 is 0 Å². The number of halogens is 1. The first-order valence-corrected chi connectivity index (χ1v) is 9.91. The van der Waals surface area contributed by atoms with Crippen molar-refractivity contribution in [3.05, 3.63) is 39.2 Å². The SMILES string of the molecule is Cc1sc(C(C)NC(=O)C[C@@H]2CCC[C@H]2N)nc1-c1ccc(Cl)cc1. The average Bonchev–Trinajstić information content (AvgIpc) is 3.14. The van der Waals surface area contributed by atoms with Gasteiger partial charge in [-0.15, -0.1) is 11.3 Å². The fourth-order valence-electron chi connectivity index (χ4n) is 3.40. The van der Waals surface area contributed by atoms with Crippen LogP contribution in [-0.4, -0.2) is 16.9 Å². The number of nitrogens with one attached hydrogen (secondary N) is 1. The van der Waals surface area contributed by atoms with Crippen LogP contribution in [0, 0.1) is 12.8 Å². The van der Waals surface area contributed by atoms with Gasteiger partial charge in [0.05, 0.1) is 11.7 Å². The number of benzene rings is 1. The number of nitrogens with two attached hydrogens (primary N) is 1. The summed E-state index contributed by atoms with van der Waals surface area (Å²) in [6, 6.07) is 7.74. The molecule has 6 heteroatoms. The van der Waals surface area contributed by atoms with Crippen LogP contribution in [0.4, 0.5) is 0 Å². The molecular formula is C19H24ClN3OS. The predicted molar refractivity (Wildman–Crippen MR) is 104 cm³/mol. The molecule has 0 radical (unpaired) electrons. The van der Waals surface area contributed by atoms with Crippen LogP contribution in [-0.2, 0) is 4.79 Å². The topological polar surface area (TPSA) is 68.0 Å². The molecule has 4 nitrogen and oxygen atoms in total. The molecule has 1 unspecified atom stereocenters. The Hall–Kier alpha value is -1.43. The lowest BCUT2D eigenvalue weighted by Gasteiger charge is -2.17. The third-order valence-electron chi connectivity index (χ3n) is 4.84. The number of rotatable bonds is 5. The zero-order valence-corrected chi connectivity index (χ0v) is 16.2. The fraction of sp³-hybridized carbons (Fsp3) is 0.474. The molecule has 0 spiro atoms. The number of nitrogens with zero attached hydrogens (tertiary/aromatic N) is 1. The van der Waals surface area contributed by atoms with Crippen molar-refractivity contribution < 1.29 is 4.79 Å². The largest absolute Gasteiger partial charge is 0.347 e. The van der Waals surface area contributed by atoms with E-state index in [9.17, 15) is 4.79 Å². The number of amides is 1. The minimum absolute atomic E-state index is 0.0655. The summed E-state index contributed by atoms with van der Waals surface area (Å²) >= 11 is 7.58. The van der Waals surface area contributed by atoms with Gasteiger partial charge in [-0.25, -0.2) is 4.98 Å². The summed E-state index contributed by atoms with van der Waals surface area (Å²) in [5, 5.41) is 4.71. The molecule has 1 saturated carbocycles. The summed E-state index contributed by atoms with van der Waals surface area (Å²) in [7, 11) is 0. The molecule has 3 N–H and O–H groups in total. The minimum atomic E-state index is -0.102. The van der Waals surface area contributed by atoms with Crippen molar-refractivity contribution in [2.24, 2.45) is 11.7 Å². The molecule has 3 rings (SSSR count). The molecule has 1 heterocycles. The zero-order valence-electron chi connectivity index (χ0n) is 14.6. The smallest absolute Gasteiger partial charge is 0.220 e. The van der Waals surface area contributed by atoms with E-state index >= 15 is 0 Å². The molecule has 1 amide bonds. The first kappa shape index (κ1) is 18.4. The lowest BCUT2D eigenvalue weighted by molar-refractivity contribution is -0.122. The van der Waals surface area contributed by atoms with Crippen molar-refractivity contribution in [3.8, 4) is 11.3 Å². The second-order valence-corrected chi connectivity index (χ2v) is 8.48. The first-order chi connectivity index (χ1) is 11.9. The molecule has 0 bridgehead atoms. The van der Waals surface area contributed by atoms with E-state index in [1.807, 2.05) is 31.2 Å². The third kappa shape index (κ3) is 4.40. The van der Waals surface area contributed by atoms with Crippen molar-refractivity contribution in [2.75, 3.05) is 0 Å². The van der Waals surface area contributed by atoms with E-state index in [1.54, 1.807) is 11.3 Å². The molecule has 1 fully saturated rings. The summed E-state index contributed by atoms with van der Waals surface area (Å²) in [5.41, 5.74) is 8.06. The van der Waals surface area contributed by atoms with Gasteiger partial charge in [-0.3, -0.25) is 4.79 Å². The molecule has 1 aliphatic rings. The third-order valence-corrected chi connectivity index (χ3v) is 6.25. The number of hydrogen-bond donors (Lipinski definition) is 2. The van der Waals surface area contributed by atoms with Crippen molar-refractivity contribution in [3.63, 3.8) is 0 Å². The summed E-state index contributed by atoms with van der Waals surface area (Å²) in [6.45, 7) is 4.04. The van der Waals surface area contributed by atoms with E-state index in [0.717, 1.165) is 40.4 Å². The van der Waals surface area contributed by atoms with Crippen molar-refractivity contribution in [2.45, 2.75) is 51.6 Å². The van der Waals surface area contributed by atoms with Gasteiger partial charge in [0.2, 0.25) is 5.91 Å². The Kier molecular flexibility index (Phi) is 5.77. The highest BCUT2D eigenvalue weighted by atomic mass is 35.5.